The normalized spacial score (nSPS) is 23.5. The molecule has 24 heavy (non-hydrogen) atoms. The van der Waals surface area contributed by atoms with Gasteiger partial charge in [-0.15, -0.1) is 24.8 Å². The Morgan fingerprint density at radius 3 is 2.54 bits per heavy atom. The second-order valence-corrected chi connectivity index (χ2v) is 5.93. The van der Waals surface area contributed by atoms with E-state index in [0.29, 0.717) is 34.7 Å². The van der Waals surface area contributed by atoms with Crippen molar-refractivity contribution in [3.05, 3.63) is 54.0 Å². The Kier molecular flexibility index (Phi) is 5.80. The number of hydrogen-bond donors (Lipinski definition) is 2. The van der Waals surface area contributed by atoms with E-state index in [-0.39, 0.29) is 36.5 Å². The third-order valence-corrected chi connectivity index (χ3v) is 4.54. The molecular formula is C17H18Cl2FN3O. The summed E-state index contributed by atoms with van der Waals surface area (Å²) in [6.45, 7) is 1.98. The second kappa shape index (κ2) is 7.47. The number of benzene rings is 1. The van der Waals surface area contributed by atoms with E-state index in [1.165, 1.54) is 12.1 Å². The molecule has 0 unspecified atom stereocenters. The van der Waals surface area contributed by atoms with E-state index in [1.807, 2.05) is 0 Å². The van der Waals surface area contributed by atoms with E-state index in [1.54, 1.807) is 30.5 Å². The molecule has 1 saturated heterocycles. The SMILES string of the molecule is Cl.Cl.O=C(N[C@H]1[C@@H]2CNC[C@@H]21)c1ccc(-c2cccc(F)c2)nc1. The number of carbonyl (C=O) groups excluding carboxylic acids is 1. The highest BCUT2D eigenvalue weighted by Crippen LogP contribution is 2.41. The quantitative estimate of drug-likeness (QED) is 0.874. The molecule has 1 aromatic carbocycles. The topological polar surface area (TPSA) is 54.0 Å². The van der Waals surface area contributed by atoms with Crippen molar-refractivity contribution in [2.75, 3.05) is 13.1 Å². The van der Waals surface area contributed by atoms with Gasteiger partial charge in [-0.2, -0.15) is 0 Å². The molecule has 4 rings (SSSR count). The van der Waals surface area contributed by atoms with Crippen LogP contribution in [0.4, 0.5) is 4.39 Å². The van der Waals surface area contributed by atoms with Crippen LogP contribution >= 0.6 is 24.8 Å². The van der Waals surface area contributed by atoms with Crippen LogP contribution < -0.4 is 10.6 Å². The summed E-state index contributed by atoms with van der Waals surface area (Å²) in [5, 5.41) is 6.36. The fraction of sp³-hybridized carbons (Fsp3) is 0.294. The molecule has 0 radical (unpaired) electrons. The van der Waals surface area contributed by atoms with E-state index < -0.39 is 0 Å². The van der Waals surface area contributed by atoms with Crippen molar-refractivity contribution in [2.24, 2.45) is 11.8 Å². The zero-order valence-electron chi connectivity index (χ0n) is 12.7. The molecule has 0 bridgehead atoms. The van der Waals surface area contributed by atoms with Crippen molar-refractivity contribution < 1.29 is 9.18 Å². The fourth-order valence-electron chi connectivity index (χ4n) is 3.21. The standard InChI is InChI=1S/C17H16FN3O.2ClH/c18-12-3-1-2-10(6-12)15-5-4-11(7-20-15)17(22)21-16-13-8-19-9-14(13)16;;/h1-7,13-14,16,19H,8-9H2,(H,21,22);2*1H/t13-,14+,16+;;. The van der Waals surface area contributed by atoms with Gasteiger partial charge in [-0.1, -0.05) is 12.1 Å². The molecule has 7 heteroatoms. The first-order chi connectivity index (χ1) is 10.7. The fourth-order valence-corrected chi connectivity index (χ4v) is 3.21. The first-order valence-electron chi connectivity index (χ1n) is 7.46. The largest absolute Gasteiger partial charge is 0.349 e. The Balaban J connectivity index is 0.00000104. The lowest BCUT2D eigenvalue weighted by Crippen LogP contribution is -2.32. The maximum Gasteiger partial charge on any atom is 0.253 e. The number of nitrogens with zero attached hydrogens (tertiary/aromatic N) is 1. The first-order valence-corrected chi connectivity index (χ1v) is 7.46. The molecule has 2 heterocycles. The molecule has 4 nitrogen and oxygen atoms in total. The van der Waals surface area contributed by atoms with Crippen LogP contribution in [0.25, 0.3) is 11.3 Å². The van der Waals surface area contributed by atoms with Crippen LogP contribution in [0.15, 0.2) is 42.6 Å². The van der Waals surface area contributed by atoms with Crippen molar-refractivity contribution in [1.82, 2.24) is 15.6 Å². The highest BCUT2D eigenvalue weighted by molar-refractivity contribution is 5.94. The van der Waals surface area contributed by atoms with Gasteiger partial charge in [0.1, 0.15) is 5.82 Å². The molecule has 1 aliphatic carbocycles. The molecule has 2 aliphatic rings. The maximum atomic E-state index is 13.2. The van der Waals surface area contributed by atoms with Crippen LogP contribution in [-0.2, 0) is 0 Å². The number of pyridine rings is 1. The predicted molar refractivity (Wildman–Crippen MR) is 95.2 cm³/mol. The monoisotopic (exact) mass is 369 g/mol. The Hall–Kier alpha value is -1.69. The number of carbonyl (C=O) groups is 1. The smallest absolute Gasteiger partial charge is 0.253 e. The van der Waals surface area contributed by atoms with Gasteiger partial charge in [0.25, 0.3) is 5.91 Å². The third-order valence-electron chi connectivity index (χ3n) is 4.54. The summed E-state index contributed by atoms with van der Waals surface area (Å²) in [6, 6.07) is 10.1. The van der Waals surface area contributed by atoms with Crippen LogP contribution in [0.3, 0.4) is 0 Å². The number of nitrogens with one attached hydrogen (secondary N) is 2. The summed E-state index contributed by atoms with van der Waals surface area (Å²) in [4.78, 5) is 16.5. The summed E-state index contributed by atoms with van der Waals surface area (Å²) < 4.78 is 13.2. The Morgan fingerprint density at radius 1 is 1.17 bits per heavy atom. The Morgan fingerprint density at radius 2 is 1.92 bits per heavy atom. The van der Waals surface area contributed by atoms with Crippen molar-refractivity contribution >= 4 is 30.7 Å². The summed E-state index contributed by atoms with van der Waals surface area (Å²) in [7, 11) is 0. The zero-order valence-corrected chi connectivity index (χ0v) is 14.4. The van der Waals surface area contributed by atoms with Gasteiger partial charge in [0.05, 0.1) is 11.3 Å². The molecule has 3 atom stereocenters. The van der Waals surface area contributed by atoms with Crippen LogP contribution in [0.1, 0.15) is 10.4 Å². The highest BCUT2D eigenvalue weighted by atomic mass is 35.5. The van der Waals surface area contributed by atoms with Gasteiger partial charge >= 0.3 is 0 Å². The molecule has 1 amide bonds. The minimum absolute atomic E-state index is 0. The van der Waals surface area contributed by atoms with Gasteiger partial charge in [0.15, 0.2) is 0 Å². The molecule has 128 valence electrons. The van der Waals surface area contributed by atoms with Gasteiger partial charge < -0.3 is 10.6 Å². The van der Waals surface area contributed by atoms with E-state index in [9.17, 15) is 9.18 Å². The lowest BCUT2D eigenvalue weighted by molar-refractivity contribution is 0.0946. The van der Waals surface area contributed by atoms with Gasteiger partial charge in [-0.25, -0.2) is 4.39 Å². The number of fused-ring (bicyclic) bond motifs is 1. The number of rotatable bonds is 3. The van der Waals surface area contributed by atoms with Gasteiger partial charge in [0.2, 0.25) is 0 Å². The minimum Gasteiger partial charge on any atom is -0.349 e. The van der Waals surface area contributed by atoms with E-state index >= 15 is 0 Å². The van der Waals surface area contributed by atoms with Gasteiger partial charge in [0, 0.05) is 30.9 Å². The third kappa shape index (κ3) is 3.53. The summed E-state index contributed by atoms with van der Waals surface area (Å²) in [5.41, 5.74) is 1.90. The number of amides is 1. The average Bonchev–Trinajstić information content (AvgIpc) is 2.97. The van der Waals surface area contributed by atoms with E-state index in [0.717, 1.165) is 13.1 Å². The molecule has 2 N–H and O–H groups in total. The molecule has 1 aromatic heterocycles. The van der Waals surface area contributed by atoms with Crippen LogP contribution in [0, 0.1) is 17.7 Å². The van der Waals surface area contributed by atoms with E-state index in [4.69, 9.17) is 0 Å². The summed E-state index contributed by atoms with van der Waals surface area (Å²) >= 11 is 0. The number of piperidine rings is 1. The Bertz CT molecular complexity index is 716. The van der Waals surface area contributed by atoms with Crippen molar-refractivity contribution in [3.8, 4) is 11.3 Å². The van der Waals surface area contributed by atoms with Crippen molar-refractivity contribution in [3.63, 3.8) is 0 Å². The molecule has 2 fully saturated rings. The van der Waals surface area contributed by atoms with Crippen LogP contribution in [-0.4, -0.2) is 30.0 Å². The minimum atomic E-state index is -0.296. The highest BCUT2D eigenvalue weighted by Gasteiger charge is 2.53. The number of hydrogen-bond acceptors (Lipinski definition) is 3. The van der Waals surface area contributed by atoms with Crippen LogP contribution in [0.2, 0.25) is 0 Å². The lowest BCUT2D eigenvalue weighted by atomic mass is 10.1. The zero-order chi connectivity index (χ0) is 15.1. The average molecular weight is 370 g/mol. The first kappa shape index (κ1) is 18.6. The molecule has 1 aliphatic heterocycles. The molecule has 2 aromatic rings. The molecule has 1 saturated carbocycles. The summed E-state index contributed by atoms with van der Waals surface area (Å²) in [6.07, 6.45) is 1.55. The second-order valence-electron chi connectivity index (χ2n) is 5.93. The van der Waals surface area contributed by atoms with Crippen molar-refractivity contribution in [1.29, 1.82) is 0 Å². The maximum absolute atomic E-state index is 13.2. The molecular weight excluding hydrogens is 352 g/mol. The van der Waals surface area contributed by atoms with Gasteiger partial charge in [-0.3, -0.25) is 9.78 Å². The predicted octanol–water partition coefficient (Wildman–Crippen LogP) is 2.68. The van der Waals surface area contributed by atoms with Crippen molar-refractivity contribution in [2.45, 2.75) is 6.04 Å². The lowest BCUT2D eigenvalue weighted by Gasteiger charge is -2.08. The summed E-state index contributed by atoms with van der Waals surface area (Å²) in [5.74, 6) is 0.791. The number of aromatic nitrogens is 1. The van der Waals surface area contributed by atoms with Gasteiger partial charge in [-0.05, 0) is 36.1 Å². The van der Waals surface area contributed by atoms with Crippen LogP contribution in [0.5, 0.6) is 0 Å². The Labute approximate surface area is 152 Å². The number of halogens is 3. The molecule has 0 spiro atoms. The van der Waals surface area contributed by atoms with E-state index in [2.05, 4.69) is 15.6 Å².